The second kappa shape index (κ2) is 8.07. The van der Waals surface area contributed by atoms with Gasteiger partial charge in [-0.3, -0.25) is 0 Å². The van der Waals surface area contributed by atoms with Crippen molar-refractivity contribution in [3.63, 3.8) is 0 Å². The Morgan fingerprint density at radius 1 is 1.25 bits per heavy atom. The lowest BCUT2D eigenvalue weighted by Crippen LogP contribution is -2.21. The summed E-state index contributed by atoms with van der Waals surface area (Å²) in [5.41, 5.74) is 1.25. The Kier molecular flexibility index (Phi) is 7.05. The van der Waals surface area contributed by atoms with Crippen LogP contribution in [-0.2, 0) is 6.54 Å². The molecule has 0 aliphatic rings. The van der Waals surface area contributed by atoms with Crippen LogP contribution in [0.3, 0.4) is 0 Å². The second-order valence-electron chi connectivity index (χ2n) is 3.63. The van der Waals surface area contributed by atoms with Crippen molar-refractivity contribution in [2.24, 2.45) is 0 Å². The molecule has 2 N–H and O–H groups in total. The summed E-state index contributed by atoms with van der Waals surface area (Å²) in [6.45, 7) is 6.17. The number of rotatable bonds is 7. The van der Waals surface area contributed by atoms with Crippen LogP contribution in [0.15, 0.2) is 22.7 Å². The Balaban J connectivity index is 2.19. The van der Waals surface area contributed by atoms with E-state index < -0.39 is 0 Å². The highest BCUT2D eigenvalue weighted by atomic mass is 79.9. The van der Waals surface area contributed by atoms with Gasteiger partial charge in [-0.15, -0.1) is 0 Å². The first kappa shape index (κ1) is 14.0. The first-order valence-electron chi connectivity index (χ1n) is 5.59. The van der Waals surface area contributed by atoms with E-state index in [9.17, 15) is 0 Å². The number of benzene rings is 1. The average molecular weight is 306 g/mol. The summed E-state index contributed by atoms with van der Waals surface area (Å²) in [5, 5.41) is 7.46. The Hall–Kier alpha value is -0.0900. The van der Waals surface area contributed by atoms with Gasteiger partial charge < -0.3 is 10.6 Å². The van der Waals surface area contributed by atoms with Gasteiger partial charge in [-0.1, -0.05) is 24.6 Å². The van der Waals surface area contributed by atoms with Crippen molar-refractivity contribution < 1.29 is 0 Å². The Morgan fingerprint density at radius 3 is 2.69 bits per heavy atom. The minimum absolute atomic E-state index is 0.760. The van der Waals surface area contributed by atoms with E-state index in [4.69, 9.17) is 11.6 Å². The topological polar surface area (TPSA) is 24.1 Å². The number of nitrogens with one attached hydrogen (secondary N) is 2. The van der Waals surface area contributed by atoms with Crippen molar-refractivity contribution in [2.75, 3.05) is 19.6 Å². The molecule has 0 atom stereocenters. The fourth-order valence-electron chi connectivity index (χ4n) is 1.40. The van der Waals surface area contributed by atoms with Crippen LogP contribution in [0, 0.1) is 0 Å². The molecular formula is C12H18BrClN2. The molecule has 0 aliphatic heterocycles. The predicted octanol–water partition coefficient (Wildman–Crippen LogP) is 3.19. The molecule has 0 aromatic heterocycles. The highest BCUT2D eigenvalue weighted by molar-refractivity contribution is 9.10. The minimum atomic E-state index is 0.760. The SMILES string of the molecule is CCNCCCNCc1ccc(Cl)c(Br)c1. The molecule has 0 aliphatic carbocycles. The minimum Gasteiger partial charge on any atom is -0.317 e. The molecule has 16 heavy (non-hydrogen) atoms. The van der Waals surface area contributed by atoms with Gasteiger partial charge in [0.15, 0.2) is 0 Å². The summed E-state index contributed by atoms with van der Waals surface area (Å²) in [7, 11) is 0. The summed E-state index contributed by atoms with van der Waals surface area (Å²) < 4.78 is 0.959. The zero-order valence-electron chi connectivity index (χ0n) is 9.52. The molecule has 0 fully saturated rings. The van der Waals surface area contributed by atoms with Crippen LogP contribution >= 0.6 is 27.5 Å². The maximum Gasteiger partial charge on any atom is 0.0548 e. The van der Waals surface area contributed by atoms with Crippen LogP contribution in [0.25, 0.3) is 0 Å². The van der Waals surface area contributed by atoms with E-state index in [0.29, 0.717) is 0 Å². The molecule has 90 valence electrons. The van der Waals surface area contributed by atoms with Gasteiger partial charge in [-0.2, -0.15) is 0 Å². The van der Waals surface area contributed by atoms with Gasteiger partial charge in [-0.25, -0.2) is 0 Å². The summed E-state index contributed by atoms with van der Waals surface area (Å²) in [4.78, 5) is 0. The number of halogens is 2. The molecule has 1 aromatic carbocycles. The Labute approximate surface area is 111 Å². The van der Waals surface area contributed by atoms with E-state index in [1.54, 1.807) is 0 Å². The van der Waals surface area contributed by atoms with Crippen LogP contribution in [0.1, 0.15) is 18.9 Å². The molecule has 4 heteroatoms. The van der Waals surface area contributed by atoms with Crippen molar-refractivity contribution in [3.05, 3.63) is 33.3 Å². The van der Waals surface area contributed by atoms with Crippen LogP contribution in [0.5, 0.6) is 0 Å². The molecule has 0 unspecified atom stereocenters. The van der Waals surface area contributed by atoms with E-state index in [-0.39, 0.29) is 0 Å². The molecule has 0 bridgehead atoms. The summed E-state index contributed by atoms with van der Waals surface area (Å²) >= 11 is 9.34. The molecule has 0 saturated heterocycles. The molecule has 0 saturated carbocycles. The van der Waals surface area contributed by atoms with Gasteiger partial charge in [0, 0.05) is 11.0 Å². The normalized spacial score (nSPS) is 10.7. The van der Waals surface area contributed by atoms with Crippen LogP contribution < -0.4 is 10.6 Å². The van der Waals surface area contributed by atoms with Crippen LogP contribution in [0.4, 0.5) is 0 Å². The third-order valence-corrected chi connectivity index (χ3v) is 3.48. The molecular weight excluding hydrogens is 288 g/mol. The van der Waals surface area contributed by atoms with Crippen LogP contribution in [0.2, 0.25) is 5.02 Å². The van der Waals surface area contributed by atoms with Gasteiger partial charge in [0.2, 0.25) is 0 Å². The van der Waals surface area contributed by atoms with E-state index in [0.717, 1.165) is 42.1 Å². The first-order chi connectivity index (χ1) is 7.74. The highest BCUT2D eigenvalue weighted by Crippen LogP contribution is 2.22. The quantitative estimate of drug-likeness (QED) is 0.756. The van der Waals surface area contributed by atoms with Crippen molar-refractivity contribution in [1.29, 1.82) is 0 Å². The lowest BCUT2D eigenvalue weighted by Gasteiger charge is -2.06. The smallest absolute Gasteiger partial charge is 0.0548 e. The summed E-state index contributed by atoms with van der Waals surface area (Å²) in [6, 6.07) is 6.02. The fourth-order valence-corrected chi connectivity index (χ4v) is 1.94. The molecule has 0 amide bonds. The Morgan fingerprint density at radius 2 is 2.00 bits per heavy atom. The van der Waals surface area contributed by atoms with Gasteiger partial charge >= 0.3 is 0 Å². The van der Waals surface area contributed by atoms with Gasteiger partial charge in [0.05, 0.1) is 5.02 Å². The monoisotopic (exact) mass is 304 g/mol. The van der Waals surface area contributed by atoms with Gasteiger partial charge in [0.25, 0.3) is 0 Å². The van der Waals surface area contributed by atoms with Gasteiger partial charge in [0.1, 0.15) is 0 Å². The summed E-state index contributed by atoms with van der Waals surface area (Å²) in [6.07, 6.45) is 1.16. The molecule has 0 radical (unpaired) electrons. The largest absolute Gasteiger partial charge is 0.317 e. The van der Waals surface area contributed by atoms with E-state index in [1.807, 2.05) is 12.1 Å². The van der Waals surface area contributed by atoms with Crippen molar-refractivity contribution >= 4 is 27.5 Å². The zero-order chi connectivity index (χ0) is 11.8. The number of hydrogen-bond donors (Lipinski definition) is 2. The first-order valence-corrected chi connectivity index (χ1v) is 6.76. The van der Waals surface area contributed by atoms with E-state index in [1.165, 1.54) is 5.56 Å². The average Bonchev–Trinajstić information content (AvgIpc) is 2.28. The van der Waals surface area contributed by atoms with E-state index in [2.05, 4.69) is 39.6 Å². The lowest BCUT2D eigenvalue weighted by molar-refractivity contribution is 0.606. The number of hydrogen-bond acceptors (Lipinski definition) is 2. The second-order valence-corrected chi connectivity index (χ2v) is 4.89. The van der Waals surface area contributed by atoms with Crippen molar-refractivity contribution in [2.45, 2.75) is 19.9 Å². The molecule has 1 rings (SSSR count). The standard InChI is InChI=1S/C12H18BrClN2/c1-2-15-6-3-7-16-9-10-4-5-12(14)11(13)8-10/h4-5,8,15-16H,2-3,6-7,9H2,1H3. The van der Waals surface area contributed by atoms with Gasteiger partial charge in [-0.05, 0) is 59.7 Å². The third kappa shape index (κ3) is 5.30. The van der Waals surface area contributed by atoms with Crippen molar-refractivity contribution in [1.82, 2.24) is 10.6 Å². The maximum absolute atomic E-state index is 5.92. The third-order valence-electron chi connectivity index (χ3n) is 2.27. The van der Waals surface area contributed by atoms with Crippen LogP contribution in [-0.4, -0.2) is 19.6 Å². The molecule has 0 spiro atoms. The summed E-state index contributed by atoms with van der Waals surface area (Å²) in [5.74, 6) is 0. The molecule has 2 nitrogen and oxygen atoms in total. The fraction of sp³-hybridized carbons (Fsp3) is 0.500. The highest BCUT2D eigenvalue weighted by Gasteiger charge is 1.98. The van der Waals surface area contributed by atoms with E-state index >= 15 is 0 Å². The zero-order valence-corrected chi connectivity index (χ0v) is 11.9. The van der Waals surface area contributed by atoms with Crippen molar-refractivity contribution in [3.8, 4) is 0 Å². The Bertz CT molecular complexity index is 318. The molecule has 1 aromatic rings. The lowest BCUT2D eigenvalue weighted by atomic mass is 10.2. The molecule has 0 heterocycles. The predicted molar refractivity (Wildman–Crippen MR) is 74.0 cm³/mol. The maximum atomic E-state index is 5.92.